The first-order valence-electron chi connectivity index (χ1n) is 10.2. The Morgan fingerprint density at radius 3 is 2.63 bits per heavy atom. The first-order chi connectivity index (χ1) is 14.5. The molecule has 0 bridgehead atoms. The minimum Gasteiger partial charge on any atom is -0.383 e. The molecule has 1 aliphatic heterocycles. The van der Waals surface area contributed by atoms with Crippen LogP contribution in [0.15, 0.2) is 34.4 Å². The second-order valence-electron chi connectivity index (χ2n) is 8.21. The second kappa shape index (κ2) is 7.47. The van der Waals surface area contributed by atoms with Gasteiger partial charge in [0.25, 0.3) is 0 Å². The minimum absolute atomic E-state index is 0.288. The summed E-state index contributed by atoms with van der Waals surface area (Å²) < 4.78 is 2.00. The first-order valence-corrected chi connectivity index (χ1v) is 11.4. The fourth-order valence-electron chi connectivity index (χ4n) is 4.85. The SMILES string of the molecule is Nc1nccc(Sc2c(N)nc(N3CCC4(CCC[C@H]4N)CC3)n3ccnc23)c1Cl. The van der Waals surface area contributed by atoms with Crippen LogP contribution < -0.4 is 22.1 Å². The number of hydrogen-bond acceptors (Lipinski definition) is 8. The zero-order valence-corrected chi connectivity index (χ0v) is 18.2. The Morgan fingerprint density at radius 1 is 1.10 bits per heavy atom. The van der Waals surface area contributed by atoms with Crippen molar-refractivity contribution >= 4 is 46.6 Å². The average Bonchev–Trinajstić information content (AvgIpc) is 3.36. The number of imidazole rings is 1. The molecule has 8 nitrogen and oxygen atoms in total. The maximum Gasteiger partial charge on any atom is 0.213 e. The van der Waals surface area contributed by atoms with Crippen LogP contribution in [-0.2, 0) is 0 Å². The number of anilines is 3. The van der Waals surface area contributed by atoms with Crippen molar-refractivity contribution in [2.45, 2.75) is 47.9 Å². The van der Waals surface area contributed by atoms with Gasteiger partial charge in [-0.3, -0.25) is 4.40 Å². The van der Waals surface area contributed by atoms with Crippen LogP contribution in [0.2, 0.25) is 5.02 Å². The van der Waals surface area contributed by atoms with Crippen molar-refractivity contribution in [3.8, 4) is 0 Å². The molecule has 2 aliphatic rings. The van der Waals surface area contributed by atoms with Crippen molar-refractivity contribution in [2.75, 3.05) is 29.5 Å². The van der Waals surface area contributed by atoms with Crippen LogP contribution in [0, 0.1) is 5.41 Å². The van der Waals surface area contributed by atoms with E-state index in [0.29, 0.717) is 22.3 Å². The maximum atomic E-state index is 6.45. The Balaban J connectivity index is 1.47. The number of hydrogen-bond donors (Lipinski definition) is 3. The van der Waals surface area contributed by atoms with Crippen LogP contribution >= 0.6 is 23.4 Å². The lowest BCUT2D eigenvalue weighted by atomic mass is 9.74. The molecule has 158 valence electrons. The summed E-state index contributed by atoms with van der Waals surface area (Å²) in [6.07, 6.45) is 11.1. The molecule has 2 fully saturated rings. The third-order valence-electron chi connectivity index (χ3n) is 6.62. The highest BCUT2D eigenvalue weighted by atomic mass is 35.5. The lowest BCUT2D eigenvalue weighted by Crippen LogP contribution is -2.47. The predicted molar refractivity (Wildman–Crippen MR) is 121 cm³/mol. The Morgan fingerprint density at radius 2 is 1.90 bits per heavy atom. The van der Waals surface area contributed by atoms with E-state index in [1.54, 1.807) is 12.4 Å². The third kappa shape index (κ3) is 3.16. The number of rotatable bonds is 3. The summed E-state index contributed by atoms with van der Waals surface area (Å²) in [6, 6.07) is 2.13. The Bertz CT molecular complexity index is 1090. The summed E-state index contributed by atoms with van der Waals surface area (Å²) in [6.45, 7) is 1.85. The molecular weight excluding hydrogens is 420 g/mol. The molecule has 3 aromatic rings. The fourth-order valence-corrected chi connectivity index (χ4v) is 6.01. The highest BCUT2D eigenvalue weighted by Gasteiger charge is 2.43. The van der Waals surface area contributed by atoms with Crippen molar-refractivity contribution in [2.24, 2.45) is 11.1 Å². The van der Waals surface area contributed by atoms with Crippen molar-refractivity contribution in [1.82, 2.24) is 19.4 Å². The van der Waals surface area contributed by atoms with Crippen LogP contribution in [0.3, 0.4) is 0 Å². The van der Waals surface area contributed by atoms with E-state index >= 15 is 0 Å². The molecule has 0 amide bonds. The molecule has 1 aliphatic carbocycles. The molecule has 4 heterocycles. The third-order valence-corrected chi connectivity index (χ3v) is 8.29. The summed E-state index contributed by atoms with van der Waals surface area (Å²) >= 11 is 7.73. The summed E-state index contributed by atoms with van der Waals surface area (Å²) in [5, 5.41) is 0.407. The number of nitrogen functional groups attached to an aromatic ring is 2. The second-order valence-corrected chi connectivity index (χ2v) is 9.64. The first kappa shape index (κ1) is 19.7. The van der Waals surface area contributed by atoms with Gasteiger partial charge in [0, 0.05) is 42.6 Å². The number of piperidine rings is 1. The molecule has 1 atom stereocenters. The number of pyridine rings is 1. The van der Waals surface area contributed by atoms with Crippen LogP contribution in [0.5, 0.6) is 0 Å². The minimum atomic E-state index is 0.288. The van der Waals surface area contributed by atoms with Crippen molar-refractivity contribution in [3.63, 3.8) is 0 Å². The van der Waals surface area contributed by atoms with Gasteiger partial charge in [0.15, 0.2) is 5.65 Å². The highest BCUT2D eigenvalue weighted by molar-refractivity contribution is 7.99. The van der Waals surface area contributed by atoms with Gasteiger partial charge in [-0.15, -0.1) is 0 Å². The molecule has 0 unspecified atom stereocenters. The van der Waals surface area contributed by atoms with Gasteiger partial charge >= 0.3 is 0 Å². The van der Waals surface area contributed by atoms with Gasteiger partial charge < -0.3 is 22.1 Å². The smallest absolute Gasteiger partial charge is 0.213 e. The number of halogens is 1. The zero-order valence-electron chi connectivity index (χ0n) is 16.6. The molecule has 30 heavy (non-hydrogen) atoms. The van der Waals surface area contributed by atoms with E-state index in [0.717, 1.165) is 53.7 Å². The number of nitrogens with two attached hydrogens (primary N) is 3. The van der Waals surface area contributed by atoms with Gasteiger partial charge in [0.05, 0.1) is 9.92 Å². The van der Waals surface area contributed by atoms with Crippen LogP contribution in [-0.4, -0.2) is 38.5 Å². The summed E-state index contributed by atoms with van der Waals surface area (Å²) in [5.74, 6) is 1.54. The van der Waals surface area contributed by atoms with Crippen LogP contribution in [0.4, 0.5) is 17.6 Å². The Kier molecular flexibility index (Phi) is 4.91. The lowest BCUT2D eigenvalue weighted by Gasteiger charge is -2.42. The topological polar surface area (TPSA) is 124 Å². The van der Waals surface area contributed by atoms with Gasteiger partial charge in [-0.25, -0.2) is 9.97 Å². The summed E-state index contributed by atoms with van der Waals surface area (Å²) in [4.78, 5) is 17.2. The summed E-state index contributed by atoms with van der Waals surface area (Å²) in [5.41, 5.74) is 19.7. The quantitative estimate of drug-likeness (QED) is 0.562. The van der Waals surface area contributed by atoms with Gasteiger partial charge in [-0.05, 0) is 37.2 Å². The van der Waals surface area contributed by atoms with E-state index in [4.69, 9.17) is 33.8 Å². The van der Waals surface area contributed by atoms with E-state index in [2.05, 4.69) is 14.9 Å². The molecule has 1 saturated carbocycles. The Labute approximate surface area is 184 Å². The van der Waals surface area contributed by atoms with Gasteiger partial charge in [-0.1, -0.05) is 29.8 Å². The number of nitrogens with zero attached hydrogens (tertiary/aromatic N) is 5. The monoisotopic (exact) mass is 444 g/mol. The molecular formula is C20H25ClN8S. The zero-order chi connectivity index (χ0) is 20.9. The van der Waals surface area contributed by atoms with Crippen molar-refractivity contribution in [1.29, 1.82) is 0 Å². The molecule has 3 aromatic heterocycles. The molecule has 10 heteroatoms. The molecule has 0 aromatic carbocycles. The standard InChI is InChI=1S/C20H25ClN8S/c21-14-12(3-7-25-16(14)23)30-15-17(24)27-19(29-11-8-26-18(15)29)28-9-5-20(6-10-28)4-1-2-13(20)22/h3,7-8,11,13H,1-2,4-6,9-10,22,24H2,(H2,23,25)/t13-/m1/s1. The lowest BCUT2D eigenvalue weighted by molar-refractivity contribution is 0.197. The molecule has 1 spiro atoms. The van der Waals surface area contributed by atoms with Gasteiger partial charge in [-0.2, -0.15) is 4.98 Å². The highest BCUT2D eigenvalue weighted by Crippen LogP contribution is 2.46. The maximum absolute atomic E-state index is 6.45. The van der Waals surface area contributed by atoms with Crippen LogP contribution in [0.1, 0.15) is 32.1 Å². The average molecular weight is 445 g/mol. The number of fused-ring (bicyclic) bond motifs is 1. The van der Waals surface area contributed by atoms with Crippen molar-refractivity contribution in [3.05, 3.63) is 29.7 Å². The summed E-state index contributed by atoms with van der Waals surface area (Å²) in [7, 11) is 0. The van der Waals surface area contributed by atoms with E-state index in [-0.39, 0.29) is 5.82 Å². The van der Waals surface area contributed by atoms with Crippen molar-refractivity contribution < 1.29 is 0 Å². The van der Waals surface area contributed by atoms with E-state index < -0.39 is 0 Å². The normalized spacial score (nSPS) is 21.0. The van der Waals surface area contributed by atoms with E-state index in [9.17, 15) is 0 Å². The molecule has 1 saturated heterocycles. The number of aromatic nitrogens is 4. The van der Waals surface area contributed by atoms with E-state index in [1.807, 2.05) is 16.7 Å². The molecule has 5 rings (SSSR count). The fraction of sp³-hybridized carbons (Fsp3) is 0.450. The van der Waals surface area contributed by atoms with Crippen LogP contribution in [0.25, 0.3) is 5.65 Å². The molecule has 6 N–H and O–H groups in total. The van der Waals surface area contributed by atoms with E-state index in [1.165, 1.54) is 24.6 Å². The van der Waals surface area contributed by atoms with Gasteiger partial charge in [0.1, 0.15) is 11.6 Å². The molecule has 0 radical (unpaired) electrons. The van der Waals surface area contributed by atoms with Gasteiger partial charge in [0.2, 0.25) is 5.95 Å². The predicted octanol–water partition coefficient (Wildman–Crippen LogP) is 3.19. The largest absolute Gasteiger partial charge is 0.383 e. The Hall–Kier alpha value is -2.23.